The molecule has 0 fully saturated rings. The Kier molecular flexibility index (Phi) is 4.09. The Balaban J connectivity index is 2.03. The maximum Gasteiger partial charge on any atom is 0.0812 e. The number of hydrogen-bond donors (Lipinski definition) is 0. The van der Waals surface area contributed by atoms with Gasteiger partial charge >= 0.3 is 0 Å². The van der Waals surface area contributed by atoms with Crippen LogP contribution >= 0.6 is 11.3 Å². The molecule has 0 aliphatic rings. The van der Waals surface area contributed by atoms with E-state index in [9.17, 15) is 0 Å². The molecule has 2 aromatic carbocycles. The fourth-order valence-electron chi connectivity index (χ4n) is 3.62. The van der Waals surface area contributed by atoms with Gasteiger partial charge in [-0.05, 0) is 47.4 Å². The van der Waals surface area contributed by atoms with Gasteiger partial charge in [0.2, 0.25) is 0 Å². The molecule has 2 aromatic heterocycles. The van der Waals surface area contributed by atoms with Crippen molar-refractivity contribution in [1.82, 2.24) is 4.98 Å². The van der Waals surface area contributed by atoms with Crippen molar-refractivity contribution < 1.29 is 0 Å². The molecule has 1 nitrogen and oxygen atoms in total. The van der Waals surface area contributed by atoms with E-state index in [1.54, 1.807) is 0 Å². The summed E-state index contributed by atoms with van der Waals surface area (Å²) in [6.07, 6.45) is 2.26. The lowest BCUT2D eigenvalue weighted by atomic mass is 9.76. The Morgan fingerprint density at radius 3 is 2.40 bits per heavy atom. The van der Waals surface area contributed by atoms with Crippen molar-refractivity contribution >= 4 is 32.3 Å². The van der Waals surface area contributed by atoms with E-state index in [4.69, 9.17) is 4.98 Å². The van der Waals surface area contributed by atoms with Gasteiger partial charge in [-0.25, -0.2) is 4.98 Å². The maximum atomic E-state index is 4.99. The summed E-state index contributed by atoms with van der Waals surface area (Å²) in [5, 5.41) is 2.59. The van der Waals surface area contributed by atoms with Gasteiger partial charge in [0.1, 0.15) is 0 Å². The van der Waals surface area contributed by atoms with Crippen LogP contribution in [0.2, 0.25) is 0 Å². The first-order valence-corrected chi connectivity index (χ1v) is 9.86. The smallest absolute Gasteiger partial charge is 0.0812 e. The highest BCUT2D eigenvalue weighted by Gasteiger charge is 2.30. The number of rotatable bonds is 4. The van der Waals surface area contributed by atoms with Crippen LogP contribution in [0.5, 0.6) is 0 Å². The van der Waals surface area contributed by atoms with Crippen molar-refractivity contribution in [3.8, 4) is 10.6 Å². The van der Waals surface area contributed by atoms with Crippen LogP contribution in [0.1, 0.15) is 39.2 Å². The highest BCUT2D eigenvalue weighted by molar-refractivity contribution is 7.22. The summed E-state index contributed by atoms with van der Waals surface area (Å²) in [6.45, 7) is 6.99. The molecule has 0 saturated heterocycles. The molecular formula is C23H23NS. The standard InChI is InChI=1S/C23H23NS/c1-4-23(3,5-2)21-17-11-7-9-13-20(17)25-22(21)19-15-14-16-10-6-8-12-18(16)24-19/h6-15H,4-5H2,1-3H3. The minimum absolute atomic E-state index is 0.169. The van der Waals surface area contributed by atoms with Crippen molar-refractivity contribution in [2.24, 2.45) is 0 Å². The Hall–Kier alpha value is -2.19. The number of para-hydroxylation sites is 1. The third kappa shape index (κ3) is 2.65. The molecule has 4 rings (SSSR count). The van der Waals surface area contributed by atoms with E-state index in [2.05, 4.69) is 81.4 Å². The number of fused-ring (bicyclic) bond motifs is 2. The largest absolute Gasteiger partial charge is 0.247 e. The summed E-state index contributed by atoms with van der Waals surface area (Å²) in [5.74, 6) is 0. The van der Waals surface area contributed by atoms with Crippen molar-refractivity contribution in [3.63, 3.8) is 0 Å². The average molecular weight is 346 g/mol. The Labute approximate surface area is 153 Å². The zero-order chi connectivity index (χ0) is 17.4. The normalized spacial score (nSPS) is 12.1. The molecule has 0 unspecified atom stereocenters. The number of thiophene rings is 1. The lowest BCUT2D eigenvalue weighted by molar-refractivity contribution is 0.444. The van der Waals surface area contributed by atoms with Crippen LogP contribution in [0.3, 0.4) is 0 Å². The second-order valence-electron chi connectivity index (χ2n) is 6.96. The molecule has 0 aliphatic carbocycles. The molecule has 4 aromatic rings. The molecule has 2 heterocycles. The topological polar surface area (TPSA) is 12.9 Å². The summed E-state index contributed by atoms with van der Waals surface area (Å²) in [5.41, 5.74) is 3.81. The number of hydrogen-bond acceptors (Lipinski definition) is 2. The van der Waals surface area contributed by atoms with Crippen LogP contribution in [-0.2, 0) is 5.41 Å². The van der Waals surface area contributed by atoms with Crippen molar-refractivity contribution in [3.05, 3.63) is 66.2 Å². The van der Waals surface area contributed by atoms with Crippen LogP contribution < -0.4 is 0 Å². The van der Waals surface area contributed by atoms with Crippen molar-refractivity contribution in [2.45, 2.75) is 39.0 Å². The highest BCUT2D eigenvalue weighted by Crippen LogP contribution is 2.47. The molecule has 0 bridgehead atoms. The minimum atomic E-state index is 0.169. The molecular weight excluding hydrogens is 322 g/mol. The second kappa shape index (κ2) is 6.27. The minimum Gasteiger partial charge on any atom is -0.247 e. The quantitative estimate of drug-likeness (QED) is 0.381. The zero-order valence-electron chi connectivity index (χ0n) is 15.0. The van der Waals surface area contributed by atoms with Gasteiger partial charge in [0.05, 0.1) is 16.1 Å². The molecule has 0 radical (unpaired) electrons. The summed E-state index contributed by atoms with van der Waals surface area (Å²) in [4.78, 5) is 6.33. The number of benzene rings is 2. The van der Waals surface area contributed by atoms with E-state index in [0.717, 1.165) is 24.1 Å². The monoisotopic (exact) mass is 345 g/mol. The second-order valence-corrected chi connectivity index (χ2v) is 8.01. The van der Waals surface area contributed by atoms with Gasteiger partial charge in [0, 0.05) is 10.1 Å². The van der Waals surface area contributed by atoms with E-state index < -0.39 is 0 Å². The van der Waals surface area contributed by atoms with Crippen LogP contribution in [0.4, 0.5) is 0 Å². The van der Waals surface area contributed by atoms with Gasteiger partial charge in [-0.2, -0.15) is 0 Å². The van der Waals surface area contributed by atoms with Gasteiger partial charge in [-0.1, -0.05) is 63.2 Å². The summed E-state index contributed by atoms with van der Waals surface area (Å²) < 4.78 is 1.36. The lowest BCUT2D eigenvalue weighted by Crippen LogP contribution is -2.20. The van der Waals surface area contributed by atoms with Crippen LogP contribution in [-0.4, -0.2) is 4.98 Å². The number of nitrogens with zero attached hydrogens (tertiary/aromatic N) is 1. The maximum absolute atomic E-state index is 4.99. The lowest BCUT2D eigenvalue weighted by Gasteiger charge is -2.28. The molecule has 2 heteroatoms. The van der Waals surface area contributed by atoms with Gasteiger partial charge < -0.3 is 0 Å². The third-order valence-corrected chi connectivity index (χ3v) is 6.78. The molecule has 0 amide bonds. The molecule has 0 saturated carbocycles. The number of aromatic nitrogens is 1. The first-order valence-electron chi connectivity index (χ1n) is 9.04. The first kappa shape index (κ1) is 16.3. The SMILES string of the molecule is CCC(C)(CC)c1c(-c2ccc3ccccc3n2)sc2ccccc12. The highest BCUT2D eigenvalue weighted by atomic mass is 32.1. The number of pyridine rings is 1. The molecule has 0 atom stereocenters. The van der Waals surface area contributed by atoms with Crippen molar-refractivity contribution in [1.29, 1.82) is 0 Å². The summed E-state index contributed by atoms with van der Waals surface area (Å²) in [6, 6.07) is 21.5. The first-order chi connectivity index (χ1) is 12.2. The molecule has 0 aliphatic heterocycles. The fourth-order valence-corrected chi connectivity index (χ4v) is 4.94. The van der Waals surface area contributed by atoms with E-state index in [0.29, 0.717) is 0 Å². The van der Waals surface area contributed by atoms with Crippen LogP contribution in [0, 0.1) is 0 Å². The molecule has 0 spiro atoms. The predicted octanol–water partition coefficient (Wildman–Crippen LogP) is 7.19. The van der Waals surface area contributed by atoms with E-state index >= 15 is 0 Å². The van der Waals surface area contributed by atoms with Gasteiger partial charge in [-0.3, -0.25) is 0 Å². The Morgan fingerprint density at radius 1 is 0.880 bits per heavy atom. The fraction of sp³-hybridized carbons (Fsp3) is 0.261. The molecule has 126 valence electrons. The van der Waals surface area contributed by atoms with Crippen LogP contribution in [0.25, 0.3) is 31.6 Å². The van der Waals surface area contributed by atoms with E-state index in [1.807, 2.05) is 11.3 Å². The molecule has 25 heavy (non-hydrogen) atoms. The van der Waals surface area contributed by atoms with Gasteiger partial charge in [0.15, 0.2) is 0 Å². The van der Waals surface area contributed by atoms with E-state index in [-0.39, 0.29) is 5.41 Å². The van der Waals surface area contributed by atoms with Gasteiger partial charge in [0.25, 0.3) is 0 Å². The Morgan fingerprint density at radius 2 is 1.60 bits per heavy atom. The Bertz CT molecular complexity index is 1040. The van der Waals surface area contributed by atoms with Crippen LogP contribution in [0.15, 0.2) is 60.7 Å². The molecule has 0 N–H and O–H groups in total. The zero-order valence-corrected chi connectivity index (χ0v) is 15.9. The third-order valence-electron chi connectivity index (χ3n) is 5.59. The van der Waals surface area contributed by atoms with E-state index in [1.165, 1.54) is 25.9 Å². The predicted molar refractivity (Wildman–Crippen MR) is 110 cm³/mol. The van der Waals surface area contributed by atoms with Crippen molar-refractivity contribution in [2.75, 3.05) is 0 Å². The van der Waals surface area contributed by atoms with Gasteiger partial charge in [-0.15, -0.1) is 11.3 Å². The summed E-state index contributed by atoms with van der Waals surface area (Å²) in [7, 11) is 0. The average Bonchev–Trinajstić information content (AvgIpc) is 3.07. The summed E-state index contributed by atoms with van der Waals surface area (Å²) >= 11 is 1.88.